The van der Waals surface area contributed by atoms with Gasteiger partial charge in [-0.15, -0.1) is 24.8 Å². The van der Waals surface area contributed by atoms with Gasteiger partial charge >= 0.3 is 0 Å². The molecule has 1 aromatic carbocycles. The van der Waals surface area contributed by atoms with Crippen LogP contribution in [0.15, 0.2) is 12.1 Å². The molecule has 0 atom stereocenters. The standard InChI is InChI=1S/C19H31N3O4.2ClH/c23-16-12-14(13-17(24)18(16)25)19(26)22-9-5-4-8-20-10-11-21-15-6-2-1-3-7-15;;/h12-13,15,20-21,23-25H,1-11H2,(H,22,26);2*1H. The van der Waals surface area contributed by atoms with Gasteiger partial charge in [-0.25, -0.2) is 0 Å². The van der Waals surface area contributed by atoms with Gasteiger partial charge < -0.3 is 31.3 Å². The predicted molar refractivity (Wildman–Crippen MR) is 115 cm³/mol. The monoisotopic (exact) mass is 437 g/mol. The van der Waals surface area contributed by atoms with Crippen molar-refractivity contribution in [1.82, 2.24) is 16.0 Å². The molecule has 1 saturated carbocycles. The summed E-state index contributed by atoms with van der Waals surface area (Å²) >= 11 is 0. The van der Waals surface area contributed by atoms with Crippen molar-refractivity contribution in [1.29, 1.82) is 0 Å². The molecule has 0 heterocycles. The van der Waals surface area contributed by atoms with Crippen LogP contribution in [0.3, 0.4) is 0 Å². The van der Waals surface area contributed by atoms with Gasteiger partial charge in [0.1, 0.15) is 0 Å². The Labute approximate surface area is 179 Å². The third-order valence-electron chi connectivity index (χ3n) is 4.74. The maximum Gasteiger partial charge on any atom is 0.251 e. The van der Waals surface area contributed by atoms with E-state index in [4.69, 9.17) is 0 Å². The number of aromatic hydroxyl groups is 3. The highest BCUT2D eigenvalue weighted by Crippen LogP contribution is 2.35. The summed E-state index contributed by atoms with van der Waals surface area (Å²) in [5.74, 6) is -2.03. The first-order chi connectivity index (χ1) is 12.6. The number of nitrogens with one attached hydrogen (secondary N) is 3. The van der Waals surface area contributed by atoms with Crippen LogP contribution in [0.2, 0.25) is 0 Å². The third-order valence-corrected chi connectivity index (χ3v) is 4.74. The molecule has 0 spiro atoms. The average Bonchev–Trinajstić information content (AvgIpc) is 2.65. The molecule has 1 aliphatic rings. The summed E-state index contributed by atoms with van der Waals surface area (Å²) < 4.78 is 0. The van der Waals surface area contributed by atoms with Crippen LogP contribution in [0.25, 0.3) is 0 Å². The predicted octanol–water partition coefficient (Wildman–Crippen LogP) is 2.67. The number of amides is 1. The van der Waals surface area contributed by atoms with Gasteiger partial charge in [-0.05, 0) is 44.4 Å². The first-order valence-corrected chi connectivity index (χ1v) is 9.55. The number of phenols is 3. The average molecular weight is 438 g/mol. The molecule has 0 radical (unpaired) electrons. The molecule has 9 heteroatoms. The number of hydrogen-bond donors (Lipinski definition) is 6. The molecule has 0 bridgehead atoms. The molecular formula is C19H33Cl2N3O4. The fourth-order valence-electron chi connectivity index (χ4n) is 3.21. The van der Waals surface area contributed by atoms with Crippen LogP contribution < -0.4 is 16.0 Å². The fraction of sp³-hybridized carbons (Fsp3) is 0.632. The first-order valence-electron chi connectivity index (χ1n) is 9.55. The van der Waals surface area contributed by atoms with E-state index in [0.717, 1.165) is 44.6 Å². The van der Waals surface area contributed by atoms with Crippen LogP contribution in [-0.4, -0.2) is 53.4 Å². The van der Waals surface area contributed by atoms with Gasteiger partial charge in [-0.1, -0.05) is 19.3 Å². The molecular weight excluding hydrogens is 405 g/mol. The van der Waals surface area contributed by atoms with Crippen molar-refractivity contribution in [3.8, 4) is 17.2 Å². The Morgan fingerprint density at radius 1 is 0.893 bits per heavy atom. The van der Waals surface area contributed by atoms with Gasteiger partial charge in [-0.3, -0.25) is 4.79 Å². The molecule has 0 aromatic heterocycles. The largest absolute Gasteiger partial charge is 0.504 e. The van der Waals surface area contributed by atoms with E-state index >= 15 is 0 Å². The molecule has 0 saturated heterocycles. The molecule has 1 aromatic rings. The van der Waals surface area contributed by atoms with E-state index < -0.39 is 17.2 Å². The van der Waals surface area contributed by atoms with Gasteiger partial charge in [0.25, 0.3) is 5.91 Å². The first kappa shape index (κ1) is 26.6. The zero-order valence-corrected chi connectivity index (χ0v) is 17.7. The lowest BCUT2D eigenvalue weighted by atomic mass is 9.95. The number of hydrogen-bond acceptors (Lipinski definition) is 6. The molecule has 162 valence electrons. The van der Waals surface area contributed by atoms with Crippen molar-refractivity contribution >= 4 is 30.7 Å². The van der Waals surface area contributed by atoms with Crippen molar-refractivity contribution in [3.05, 3.63) is 17.7 Å². The van der Waals surface area contributed by atoms with Crippen LogP contribution in [0.1, 0.15) is 55.3 Å². The number of phenolic OH excluding ortho intramolecular Hbond substituents is 3. The zero-order chi connectivity index (χ0) is 18.8. The van der Waals surface area contributed by atoms with E-state index in [9.17, 15) is 20.1 Å². The van der Waals surface area contributed by atoms with Crippen LogP contribution >= 0.6 is 24.8 Å². The van der Waals surface area contributed by atoms with E-state index in [-0.39, 0.29) is 36.3 Å². The van der Waals surface area contributed by atoms with Crippen LogP contribution in [0.5, 0.6) is 17.2 Å². The topological polar surface area (TPSA) is 114 Å². The smallest absolute Gasteiger partial charge is 0.251 e. The molecule has 28 heavy (non-hydrogen) atoms. The van der Waals surface area contributed by atoms with Crippen LogP contribution in [0.4, 0.5) is 0 Å². The van der Waals surface area contributed by atoms with E-state index in [1.165, 1.54) is 32.1 Å². The lowest BCUT2D eigenvalue weighted by Crippen LogP contribution is -2.36. The van der Waals surface area contributed by atoms with E-state index in [1.807, 2.05) is 0 Å². The Morgan fingerprint density at radius 2 is 1.50 bits per heavy atom. The van der Waals surface area contributed by atoms with E-state index in [0.29, 0.717) is 12.6 Å². The number of carbonyl (C=O) groups is 1. The Balaban J connectivity index is 0.00000364. The second-order valence-electron chi connectivity index (χ2n) is 6.87. The van der Waals surface area contributed by atoms with Crippen LogP contribution in [-0.2, 0) is 0 Å². The Kier molecular flexibility index (Phi) is 13.8. The highest BCUT2D eigenvalue weighted by atomic mass is 35.5. The van der Waals surface area contributed by atoms with Crippen LogP contribution in [0, 0.1) is 0 Å². The lowest BCUT2D eigenvalue weighted by molar-refractivity contribution is 0.0952. The number of benzene rings is 1. The molecule has 7 nitrogen and oxygen atoms in total. The molecule has 6 N–H and O–H groups in total. The summed E-state index contributed by atoms with van der Waals surface area (Å²) in [6, 6.07) is 2.95. The minimum Gasteiger partial charge on any atom is -0.504 e. The van der Waals surface area contributed by atoms with Crippen molar-refractivity contribution in [2.75, 3.05) is 26.2 Å². The minimum absolute atomic E-state index is 0. The highest BCUT2D eigenvalue weighted by Gasteiger charge is 2.13. The van der Waals surface area contributed by atoms with Crippen molar-refractivity contribution in [2.45, 2.75) is 51.0 Å². The second kappa shape index (κ2) is 14.6. The summed E-state index contributed by atoms with van der Waals surface area (Å²) in [6.07, 6.45) is 8.47. The van der Waals surface area contributed by atoms with Crippen molar-refractivity contribution in [3.63, 3.8) is 0 Å². The van der Waals surface area contributed by atoms with Gasteiger partial charge in [-0.2, -0.15) is 0 Å². The third kappa shape index (κ3) is 9.19. The van der Waals surface area contributed by atoms with E-state index in [1.54, 1.807) is 0 Å². The Hall–Kier alpha value is -1.41. The minimum atomic E-state index is -0.620. The highest BCUT2D eigenvalue weighted by molar-refractivity contribution is 5.95. The summed E-state index contributed by atoms with van der Waals surface area (Å²) in [5, 5.41) is 37.8. The van der Waals surface area contributed by atoms with Crippen molar-refractivity contribution < 1.29 is 20.1 Å². The Bertz CT molecular complexity index is 561. The molecule has 0 aliphatic heterocycles. The Morgan fingerprint density at radius 3 is 2.14 bits per heavy atom. The summed E-state index contributed by atoms with van der Waals surface area (Å²) in [5.41, 5.74) is 0.115. The van der Waals surface area contributed by atoms with Gasteiger partial charge in [0.15, 0.2) is 17.2 Å². The zero-order valence-electron chi connectivity index (χ0n) is 16.1. The maximum absolute atomic E-state index is 11.9. The fourth-order valence-corrected chi connectivity index (χ4v) is 3.21. The lowest BCUT2D eigenvalue weighted by Gasteiger charge is -2.22. The quantitative estimate of drug-likeness (QED) is 0.247. The molecule has 1 aliphatic carbocycles. The molecule has 1 fully saturated rings. The summed E-state index contributed by atoms with van der Waals surface area (Å²) in [6.45, 7) is 3.37. The number of halogens is 2. The normalized spacial score (nSPS) is 14.0. The summed E-state index contributed by atoms with van der Waals surface area (Å²) in [4.78, 5) is 11.9. The molecule has 0 unspecified atom stereocenters. The van der Waals surface area contributed by atoms with Gasteiger partial charge in [0.05, 0.1) is 0 Å². The number of carbonyl (C=O) groups excluding carboxylic acids is 1. The van der Waals surface area contributed by atoms with Crippen molar-refractivity contribution in [2.24, 2.45) is 0 Å². The SMILES string of the molecule is Cl.Cl.O=C(NCCCCNCCNC1CCCCC1)c1cc(O)c(O)c(O)c1. The maximum atomic E-state index is 11.9. The second-order valence-corrected chi connectivity index (χ2v) is 6.87. The summed E-state index contributed by atoms with van der Waals surface area (Å²) in [7, 11) is 0. The molecule has 1 amide bonds. The van der Waals surface area contributed by atoms with Gasteiger partial charge in [0, 0.05) is 31.2 Å². The van der Waals surface area contributed by atoms with Gasteiger partial charge in [0.2, 0.25) is 0 Å². The number of rotatable bonds is 10. The number of unbranched alkanes of at least 4 members (excludes halogenated alkanes) is 1. The van der Waals surface area contributed by atoms with E-state index in [2.05, 4.69) is 16.0 Å². The molecule has 2 rings (SSSR count).